The highest BCUT2D eigenvalue weighted by Crippen LogP contribution is 2.32. The van der Waals surface area contributed by atoms with Crippen molar-refractivity contribution < 1.29 is 52.4 Å². The molecule has 3 N–H and O–H groups in total. The number of rotatable bonds is 14. The van der Waals surface area contributed by atoms with Crippen LogP contribution in [0, 0.1) is 18.3 Å². The lowest BCUT2D eigenvalue weighted by molar-refractivity contribution is -0.151. The standard InChI is InChI=1S/C40H44N4O11/c1-6-27-17-32(34(45)16-25-9-11-28(12-10-25)36(41)44-39(48)55-29-19-50-21-51-20-29)31(15-23(27)4)30-13-14-33(37(46)42-18-26-7-8-26)43-35(30)38(47)53-24(5)54-40(49)52-22(2)3/h6,9-15,17,22,24,26,29H,1,7-8,16,18-21H2,2-5H3,(H,42,46)(H2,41,44,48). The number of amides is 2. The predicted molar refractivity (Wildman–Crippen MR) is 199 cm³/mol. The number of ketones is 1. The molecule has 1 aliphatic heterocycles. The van der Waals surface area contributed by atoms with E-state index in [0.717, 1.165) is 18.4 Å². The molecule has 2 aromatic carbocycles. The van der Waals surface area contributed by atoms with E-state index in [1.807, 2.05) is 6.92 Å². The first-order valence-electron chi connectivity index (χ1n) is 17.8. The van der Waals surface area contributed by atoms with Gasteiger partial charge >= 0.3 is 18.2 Å². The number of nitrogens with one attached hydrogen (secondary N) is 3. The number of esters is 1. The summed E-state index contributed by atoms with van der Waals surface area (Å²) in [6, 6.07) is 12.9. The summed E-state index contributed by atoms with van der Waals surface area (Å²) in [5.74, 6) is -1.61. The zero-order chi connectivity index (χ0) is 39.6. The highest BCUT2D eigenvalue weighted by atomic mass is 16.8. The summed E-state index contributed by atoms with van der Waals surface area (Å²) < 4.78 is 30.9. The maximum Gasteiger partial charge on any atom is 0.511 e. The Bertz CT molecular complexity index is 1950. The average molecular weight is 757 g/mol. The molecule has 1 aromatic heterocycles. The van der Waals surface area contributed by atoms with Crippen LogP contribution in [0.3, 0.4) is 0 Å². The van der Waals surface area contributed by atoms with Crippen molar-refractivity contribution in [2.75, 3.05) is 26.6 Å². The lowest BCUT2D eigenvalue weighted by Gasteiger charge is -2.22. The quantitative estimate of drug-likeness (QED) is 0.0450. The molecule has 2 amide bonds. The molecule has 0 radical (unpaired) electrons. The molecule has 1 saturated carbocycles. The van der Waals surface area contributed by atoms with Crippen LogP contribution in [0.5, 0.6) is 0 Å². The van der Waals surface area contributed by atoms with Gasteiger partial charge in [-0.15, -0.1) is 0 Å². The van der Waals surface area contributed by atoms with Gasteiger partial charge in [-0.2, -0.15) is 0 Å². The van der Waals surface area contributed by atoms with E-state index < -0.39 is 42.6 Å². The summed E-state index contributed by atoms with van der Waals surface area (Å²) in [6.45, 7) is 11.3. The van der Waals surface area contributed by atoms with Crippen molar-refractivity contribution in [2.24, 2.45) is 5.92 Å². The number of hydrogen-bond donors (Lipinski definition) is 3. The third-order valence-corrected chi connectivity index (χ3v) is 8.54. The summed E-state index contributed by atoms with van der Waals surface area (Å²) in [7, 11) is 0. The van der Waals surface area contributed by atoms with Crippen molar-refractivity contribution in [3.8, 4) is 11.1 Å². The lowest BCUT2D eigenvalue weighted by Crippen LogP contribution is -2.39. The molecule has 3 aromatic rings. The molecule has 1 aliphatic carbocycles. The highest BCUT2D eigenvalue weighted by Gasteiger charge is 2.28. The Morgan fingerprint density at radius 3 is 2.33 bits per heavy atom. The first-order chi connectivity index (χ1) is 26.3. The normalized spacial score (nSPS) is 14.6. The molecule has 290 valence electrons. The SMILES string of the molecule is C=Cc1cc(C(=O)Cc2ccc(C(=N)NC(=O)OC3COCOC3)cc2)c(-c2ccc(C(=O)NCC3CC3)nc2C(=O)OC(C)OC(=O)OC(C)C)cc1C. The van der Waals surface area contributed by atoms with Crippen LogP contribution in [-0.2, 0) is 34.8 Å². The smallest absolute Gasteiger partial charge is 0.441 e. The van der Waals surface area contributed by atoms with Crippen LogP contribution in [-0.4, -0.2) is 85.8 Å². The second-order valence-corrected chi connectivity index (χ2v) is 13.4. The van der Waals surface area contributed by atoms with Crippen LogP contribution >= 0.6 is 0 Å². The van der Waals surface area contributed by atoms with E-state index in [0.29, 0.717) is 34.7 Å². The van der Waals surface area contributed by atoms with Gasteiger partial charge in [0.25, 0.3) is 5.91 Å². The van der Waals surface area contributed by atoms with Crippen molar-refractivity contribution >= 4 is 41.8 Å². The number of aromatic nitrogens is 1. The van der Waals surface area contributed by atoms with E-state index in [4.69, 9.17) is 33.8 Å². The third-order valence-electron chi connectivity index (χ3n) is 8.54. The Kier molecular flexibility index (Phi) is 13.5. The summed E-state index contributed by atoms with van der Waals surface area (Å²) in [6.07, 6.45) is -0.720. The highest BCUT2D eigenvalue weighted by molar-refractivity contribution is 6.08. The molecule has 15 heteroatoms. The van der Waals surface area contributed by atoms with Gasteiger partial charge in [0.1, 0.15) is 18.3 Å². The third kappa shape index (κ3) is 11.3. The number of carbonyl (C=O) groups excluding carboxylic acids is 5. The van der Waals surface area contributed by atoms with Gasteiger partial charge in [0.15, 0.2) is 17.6 Å². The van der Waals surface area contributed by atoms with E-state index in [1.165, 1.54) is 19.1 Å². The van der Waals surface area contributed by atoms with E-state index in [1.54, 1.807) is 56.3 Å². The molecule has 55 heavy (non-hydrogen) atoms. The minimum Gasteiger partial charge on any atom is -0.441 e. The largest absolute Gasteiger partial charge is 0.511 e. The zero-order valence-corrected chi connectivity index (χ0v) is 31.1. The first-order valence-corrected chi connectivity index (χ1v) is 17.8. The molecule has 1 unspecified atom stereocenters. The van der Waals surface area contributed by atoms with Gasteiger partial charge < -0.3 is 33.7 Å². The van der Waals surface area contributed by atoms with Gasteiger partial charge in [0.2, 0.25) is 6.29 Å². The Morgan fingerprint density at radius 2 is 1.67 bits per heavy atom. The number of ether oxygens (including phenoxy) is 6. The Balaban J connectivity index is 1.40. The molecular formula is C40H44N4O11. The second kappa shape index (κ2) is 18.4. The number of carbonyl (C=O) groups is 5. The first kappa shape index (κ1) is 40.3. The molecule has 15 nitrogen and oxygen atoms in total. The maximum atomic E-state index is 14.1. The van der Waals surface area contributed by atoms with Crippen molar-refractivity contribution in [2.45, 2.75) is 65.5 Å². The lowest BCUT2D eigenvalue weighted by atomic mass is 9.89. The van der Waals surface area contributed by atoms with Gasteiger partial charge in [-0.05, 0) is 80.0 Å². The summed E-state index contributed by atoms with van der Waals surface area (Å²) in [4.78, 5) is 69.6. The monoisotopic (exact) mass is 756 g/mol. The number of nitrogens with zero attached hydrogens (tertiary/aromatic N) is 1. The average Bonchev–Trinajstić information content (AvgIpc) is 3.98. The summed E-state index contributed by atoms with van der Waals surface area (Å²) in [5, 5.41) is 13.5. The minimum absolute atomic E-state index is 0.0399. The van der Waals surface area contributed by atoms with Gasteiger partial charge in [-0.3, -0.25) is 20.3 Å². The molecule has 2 fully saturated rings. The number of hydrogen-bond acceptors (Lipinski definition) is 13. The molecule has 1 saturated heterocycles. The van der Waals surface area contributed by atoms with E-state index in [2.05, 4.69) is 22.2 Å². The van der Waals surface area contributed by atoms with Crippen molar-refractivity contribution in [3.63, 3.8) is 0 Å². The molecule has 0 spiro atoms. The fourth-order valence-electron chi connectivity index (χ4n) is 5.55. The molecule has 2 heterocycles. The topological polar surface area (TPSA) is 202 Å². The van der Waals surface area contributed by atoms with Crippen LogP contribution < -0.4 is 10.6 Å². The molecular weight excluding hydrogens is 712 g/mol. The molecule has 0 bridgehead atoms. The van der Waals surface area contributed by atoms with Gasteiger partial charge in [0, 0.05) is 36.6 Å². The Morgan fingerprint density at radius 1 is 0.964 bits per heavy atom. The Hall–Kier alpha value is -5.93. The van der Waals surface area contributed by atoms with E-state index in [9.17, 15) is 24.0 Å². The van der Waals surface area contributed by atoms with Crippen LogP contribution in [0.25, 0.3) is 17.2 Å². The molecule has 2 aliphatic rings. The van der Waals surface area contributed by atoms with E-state index >= 15 is 0 Å². The maximum absolute atomic E-state index is 14.1. The van der Waals surface area contributed by atoms with Crippen molar-refractivity contribution in [3.05, 3.63) is 94.3 Å². The number of Topliss-reactive ketones (excluding diaryl/α,β-unsaturated/α-hetero) is 1. The number of alkyl carbamates (subject to hydrolysis) is 1. The van der Waals surface area contributed by atoms with Crippen LogP contribution in [0.4, 0.5) is 9.59 Å². The van der Waals surface area contributed by atoms with Crippen LogP contribution in [0.15, 0.2) is 55.1 Å². The van der Waals surface area contributed by atoms with Crippen LogP contribution in [0.1, 0.15) is 87.2 Å². The predicted octanol–water partition coefficient (Wildman–Crippen LogP) is 5.75. The number of benzene rings is 2. The molecule has 1 atom stereocenters. The summed E-state index contributed by atoms with van der Waals surface area (Å²) in [5.41, 5.74) is 2.88. The molecule has 5 rings (SSSR count). The van der Waals surface area contributed by atoms with Crippen molar-refractivity contribution in [1.82, 2.24) is 15.6 Å². The van der Waals surface area contributed by atoms with E-state index in [-0.39, 0.29) is 60.6 Å². The minimum atomic E-state index is -1.38. The fourth-order valence-corrected chi connectivity index (χ4v) is 5.55. The number of amidine groups is 1. The second-order valence-electron chi connectivity index (χ2n) is 13.4. The van der Waals surface area contributed by atoms with Gasteiger partial charge in [-0.1, -0.05) is 43.0 Å². The Labute approximate surface area is 318 Å². The zero-order valence-electron chi connectivity index (χ0n) is 31.1. The van der Waals surface area contributed by atoms with Crippen LogP contribution in [0.2, 0.25) is 0 Å². The number of aryl methyl sites for hydroxylation is 1. The van der Waals surface area contributed by atoms with Gasteiger partial charge in [-0.25, -0.2) is 19.4 Å². The number of pyridine rings is 1. The van der Waals surface area contributed by atoms with Crippen molar-refractivity contribution in [1.29, 1.82) is 5.41 Å². The fraction of sp³-hybridized carbons (Fsp3) is 0.375. The summed E-state index contributed by atoms with van der Waals surface area (Å²) >= 11 is 0. The van der Waals surface area contributed by atoms with Gasteiger partial charge in [0.05, 0.1) is 19.3 Å².